The Morgan fingerprint density at radius 3 is 1.43 bits per heavy atom. The largest absolute Gasteiger partial charge is 0.394 e. The summed E-state index contributed by atoms with van der Waals surface area (Å²) in [7, 11) is 0. The minimum atomic E-state index is -1.33. The number of hydrogen-bond acceptors (Lipinski definition) is 18. The van der Waals surface area contributed by atoms with Crippen LogP contribution in [0.4, 0.5) is 23.5 Å². The first-order valence-electron chi connectivity index (χ1n) is 12.9. The van der Waals surface area contributed by atoms with Crippen LogP contribution in [-0.4, -0.2) is 133 Å². The summed E-state index contributed by atoms with van der Waals surface area (Å²) in [6.07, 6.45) is -6.57. The number of imidazole rings is 2. The maximum Gasteiger partial charge on any atom is 0.224 e. The average molecular weight is 591 g/mol. The Morgan fingerprint density at radius 1 is 0.667 bits per heavy atom. The first-order valence-corrected chi connectivity index (χ1v) is 12.9. The van der Waals surface area contributed by atoms with Crippen molar-refractivity contribution in [3.8, 4) is 0 Å². The molecule has 8 atom stereocenters. The molecule has 0 aliphatic carbocycles. The van der Waals surface area contributed by atoms with Crippen LogP contribution in [0.2, 0.25) is 0 Å². The molecule has 226 valence electrons. The van der Waals surface area contributed by atoms with Gasteiger partial charge in [-0.25, -0.2) is 9.97 Å². The molecular weight excluding hydrogens is 560 g/mol. The number of nitrogens with one attached hydrogen (secondary N) is 2. The zero-order chi connectivity index (χ0) is 29.7. The highest BCUT2D eigenvalue weighted by molar-refractivity contribution is 5.85. The summed E-state index contributed by atoms with van der Waals surface area (Å²) in [4.78, 5) is 25.5. The molecule has 4 aromatic rings. The average Bonchev–Trinajstić information content (AvgIpc) is 3.72. The third-order valence-corrected chi connectivity index (χ3v) is 7.17. The molecule has 0 aromatic carbocycles. The van der Waals surface area contributed by atoms with E-state index < -0.39 is 62.3 Å². The molecule has 0 spiro atoms. The zero-order valence-corrected chi connectivity index (χ0v) is 21.8. The number of hydrogen-bond donors (Lipinski definition) is 10. The summed E-state index contributed by atoms with van der Waals surface area (Å²) >= 11 is 0. The second-order valence-corrected chi connectivity index (χ2v) is 9.82. The second-order valence-electron chi connectivity index (χ2n) is 9.82. The number of nitrogens with zero attached hydrogens (tertiary/aromatic N) is 8. The molecule has 20 heteroatoms. The van der Waals surface area contributed by atoms with Crippen molar-refractivity contribution in [3.63, 3.8) is 0 Å². The van der Waals surface area contributed by atoms with Crippen molar-refractivity contribution in [1.29, 1.82) is 0 Å². The van der Waals surface area contributed by atoms with E-state index in [4.69, 9.17) is 20.9 Å². The smallest absolute Gasteiger partial charge is 0.224 e. The molecule has 0 radical (unpaired) electrons. The molecule has 20 nitrogen and oxygen atoms in total. The molecule has 6 heterocycles. The molecule has 2 aliphatic heterocycles. The molecule has 12 N–H and O–H groups in total. The highest BCUT2D eigenvalue weighted by atomic mass is 16.6. The maximum atomic E-state index is 10.4. The third kappa shape index (κ3) is 4.68. The molecular formula is C22H30N12O8. The van der Waals surface area contributed by atoms with E-state index in [0.717, 1.165) is 0 Å². The van der Waals surface area contributed by atoms with Crippen molar-refractivity contribution in [3.05, 3.63) is 12.7 Å². The summed E-state index contributed by atoms with van der Waals surface area (Å²) in [6, 6.07) is 0. The summed E-state index contributed by atoms with van der Waals surface area (Å²) in [5.41, 5.74) is 13.0. The summed E-state index contributed by atoms with van der Waals surface area (Å²) in [5.74, 6) is 0.441. The molecule has 2 aliphatic rings. The number of aliphatic hydroxyl groups excluding tert-OH is 6. The number of aromatic nitrogens is 8. The number of anilines is 4. The molecule has 42 heavy (non-hydrogen) atoms. The Balaban J connectivity index is 1.17. The van der Waals surface area contributed by atoms with Crippen molar-refractivity contribution in [2.24, 2.45) is 0 Å². The lowest BCUT2D eigenvalue weighted by Gasteiger charge is -2.17. The van der Waals surface area contributed by atoms with E-state index >= 15 is 0 Å². The lowest BCUT2D eigenvalue weighted by molar-refractivity contribution is -0.0511. The highest BCUT2D eigenvalue weighted by Crippen LogP contribution is 2.34. The Hall–Kier alpha value is -4.02. The van der Waals surface area contributed by atoms with Crippen LogP contribution in [0.3, 0.4) is 0 Å². The summed E-state index contributed by atoms with van der Waals surface area (Å²) in [5, 5.41) is 66.1. The van der Waals surface area contributed by atoms with Gasteiger partial charge in [-0.05, 0) is 0 Å². The Kier molecular flexibility index (Phi) is 7.36. The van der Waals surface area contributed by atoms with Gasteiger partial charge < -0.3 is 62.2 Å². The van der Waals surface area contributed by atoms with E-state index in [1.54, 1.807) is 0 Å². The lowest BCUT2D eigenvalue weighted by Crippen LogP contribution is -2.33. The summed E-state index contributed by atoms with van der Waals surface area (Å²) < 4.78 is 14.0. The van der Waals surface area contributed by atoms with Gasteiger partial charge in [0, 0.05) is 13.1 Å². The van der Waals surface area contributed by atoms with Gasteiger partial charge in [-0.3, -0.25) is 9.13 Å². The topological polar surface area (TPSA) is 303 Å². The quantitative estimate of drug-likeness (QED) is 0.0827. The van der Waals surface area contributed by atoms with Gasteiger partial charge in [0.1, 0.15) is 36.6 Å². The SMILES string of the molecule is Nc1nc(NCCNc2nc(N)nc3c2ncn3[C@H]2O[C@@H](CO)[C@@H](O)C2O)c2ncn([C@@H]3O[C@H](CO)[C@H](O)C3O)c2n1. The molecule has 0 saturated carbocycles. The van der Waals surface area contributed by atoms with E-state index in [9.17, 15) is 30.6 Å². The van der Waals surface area contributed by atoms with Gasteiger partial charge in [0.05, 0.1) is 25.9 Å². The van der Waals surface area contributed by atoms with Gasteiger partial charge in [-0.1, -0.05) is 0 Å². The number of ether oxygens (including phenoxy) is 2. The van der Waals surface area contributed by atoms with Crippen LogP contribution in [0.5, 0.6) is 0 Å². The van der Waals surface area contributed by atoms with E-state index in [0.29, 0.717) is 22.7 Å². The number of rotatable bonds is 9. The van der Waals surface area contributed by atoms with E-state index in [1.165, 1.54) is 21.8 Å². The number of nitrogen functional groups attached to an aromatic ring is 2. The molecule has 2 fully saturated rings. The molecule has 2 unspecified atom stereocenters. The molecule has 0 bridgehead atoms. The maximum absolute atomic E-state index is 10.4. The number of aliphatic hydroxyl groups is 6. The van der Waals surface area contributed by atoms with Crippen molar-refractivity contribution in [2.75, 3.05) is 48.4 Å². The van der Waals surface area contributed by atoms with Crippen LogP contribution in [0, 0.1) is 0 Å². The fourth-order valence-electron chi connectivity index (χ4n) is 5.07. The van der Waals surface area contributed by atoms with E-state index in [2.05, 4.69) is 40.5 Å². The molecule has 4 aromatic heterocycles. The number of nitrogens with two attached hydrogens (primary N) is 2. The van der Waals surface area contributed by atoms with Crippen LogP contribution in [0.15, 0.2) is 12.7 Å². The van der Waals surface area contributed by atoms with Gasteiger partial charge >= 0.3 is 0 Å². The summed E-state index contributed by atoms with van der Waals surface area (Å²) in [6.45, 7) is -0.390. The Labute approximate surface area is 235 Å². The highest BCUT2D eigenvalue weighted by Gasteiger charge is 2.45. The molecule has 6 rings (SSSR count). The monoisotopic (exact) mass is 590 g/mol. The standard InChI is InChI=1S/C22H30N12O8/c23-21-29-15(9-17(31-21)33(5-27-9)19-13(39)11(37)7(3-35)41-19)25-1-2-26-16-10-18(32-22(24)30-16)34(6-28-10)20-14(40)12(38)8(4-36)42-20/h5-8,11-14,19-20,35-40H,1-4H2,(H3,23,25,29,31)(H3,24,26,30,32)/t7-,8+,11+,12-,13?,14?,19-,20+. The van der Waals surface area contributed by atoms with Crippen LogP contribution >= 0.6 is 0 Å². The van der Waals surface area contributed by atoms with E-state index in [-0.39, 0.29) is 36.3 Å². The Bertz CT molecular complexity index is 1470. The van der Waals surface area contributed by atoms with Crippen LogP contribution in [0.1, 0.15) is 12.5 Å². The van der Waals surface area contributed by atoms with Crippen LogP contribution in [-0.2, 0) is 9.47 Å². The van der Waals surface area contributed by atoms with E-state index in [1.807, 2.05) is 0 Å². The van der Waals surface area contributed by atoms with Gasteiger partial charge in [-0.15, -0.1) is 0 Å². The zero-order valence-electron chi connectivity index (χ0n) is 21.8. The number of fused-ring (bicyclic) bond motifs is 2. The van der Waals surface area contributed by atoms with Gasteiger partial charge in [-0.2, -0.15) is 19.9 Å². The van der Waals surface area contributed by atoms with Crippen molar-refractivity contribution < 1.29 is 40.1 Å². The third-order valence-electron chi connectivity index (χ3n) is 7.17. The van der Waals surface area contributed by atoms with Crippen LogP contribution in [0.25, 0.3) is 22.3 Å². The minimum absolute atomic E-state index is 0.0767. The molecule has 0 amide bonds. The minimum Gasteiger partial charge on any atom is -0.394 e. The van der Waals surface area contributed by atoms with Gasteiger partial charge in [0.15, 0.2) is 46.4 Å². The predicted octanol–water partition coefficient (Wildman–Crippen LogP) is -4.12. The molecule has 2 saturated heterocycles. The fraction of sp³-hybridized carbons (Fsp3) is 0.545. The van der Waals surface area contributed by atoms with Gasteiger partial charge in [0.25, 0.3) is 0 Å². The Morgan fingerprint density at radius 2 is 1.07 bits per heavy atom. The first-order chi connectivity index (χ1) is 20.2. The van der Waals surface area contributed by atoms with Crippen molar-refractivity contribution >= 4 is 45.9 Å². The first kappa shape index (κ1) is 28.1. The lowest BCUT2D eigenvalue weighted by atomic mass is 10.1. The predicted molar refractivity (Wildman–Crippen MR) is 142 cm³/mol. The van der Waals surface area contributed by atoms with Crippen LogP contribution < -0.4 is 22.1 Å². The second kappa shape index (κ2) is 11.0. The fourth-order valence-corrected chi connectivity index (χ4v) is 5.07. The van der Waals surface area contributed by atoms with Crippen molar-refractivity contribution in [1.82, 2.24) is 39.0 Å². The van der Waals surface area contributed by atoms with Gasteiger partial charge in [0.2, 0.25) is 11.9 Å². The van der Waals surface area contributed by atoms with Crippen molar-refractivity contribution in [2.45, 2.75) is 49.1 Å². The normalized spacial score (nSPS) is 29.6.